The van der Waals surface area contributed by atoms with Gasteiger partial charge in [0.1, 0.15) is 29.6 Å². The van der Waals surface area contributed by atoms with Gasteiger partial charge in [-0.2, -0.15) is 5.26 Å². The third kappa shape index (κ3) is 3.61. The first-order chi connectivity index (χ1) is 17.2. The predicted molar refractivity (Wildman–Crippen MR) is 124 cm³/mol. The van der Waals surface area contributed by atoms with Crippen molar-refractivity contribution in [2.75, 3.05) is 26.9 Å². The van der Waals surface area contributed by atoms with Gasteiger partial charge in [-0.15, -0.1) is 0 Å². The summed E-state index contributed by atoms with van der Waals surface area (Å²) in [5, 5.41) is 14.8. The second kappa shape index (κ2) is 8.70. The molecule has 10 heteroatoms. The van der Waals surface area contributed by atoms with E-state index in [-0.39, 0.29) is 36.0 Å². The number of amides is 1. The highest BCUT2D eigenvalue weighted by Crippen LogP contribution is 2.38. The summed E-state index contributed by atoms with van der Waals surface area (Å²) in [6.07, 6.45) is -0.533. The molecule has 3 aromatic rings. The summed E-state index contributed by atoms with van der Waals surface area (Å²) in [6, 6.07) is 16.7. The molecule has 1 amide bonds. The van der Waals surface area contributed by atoms with Gasteiger partial charge >= 0.3 is 0 Å². The number of methoxy groups -OCH3 is 1. The van der Waals surface area contributed by atoms with E-state index in [0.717, 1.165) is 5.56 Å². The molecule has 0 aliphatic carbocycles. The molecule has 0 saturated carbocycles. The summed E-state index contributed by atoms with van der Waals surface area (Å²) in [5.74, 6) is 0.0610. The van der Waals surface area contributed by atoms with E-state index < -0.39 is 12.2 Å². The standard InChI is InChI=1S/C25H23N5O5/c1-32-18-8-5-9-19-22(18)28-24(35-19)21-17(13-34-15-11-33-12-15)27-23-20(14-6-3-2-4-7-14)16(10-26)29-30(23)25(21)31/h2-9,15-16,20,23,27,29H,11-13H2,1H3. The van der Waals surface area contributed by atoms with E-state index in [9.17, 15) is 10.1 Å². The van der Waals surface area contributed by atoms with Crippen molar-refractivity contribution in [3.63, 3.8) is 0 Å². The van der Waals surface area contributed by atoms with Gasteiger partial charge in [0.05, 0.1) is 44.6 Å². The van der Waals surface area contributed by atoms with Gasteiger partial charge in [-0.05, 0) is 17.7 Å². The fourth-order valence-electron chi connectivity index (χ4n) is 4.69. The largest absolute Gasteiger partial charge is 0.494 e. The Morgan fingerprint density at radius 3 is 2.74 bits per heavy atom. The Bertz CT molecular complexity index is 1340. The summed E-state index contributed by atoms with van der Waals surface area (Å²) in [5.41, 5.74) is 5.84. The van der Waals surface area contributed by atoms with E-state index >= 15 is 0 Å². The highest BCUT2D eigenvalue weighted by Gasteiger charge is 2.50. The van der Waals surface area contributed by atoms with Crippen LogP contribution in [0.5, 0.6) is 5.75 Å². The van der Waals surface area contributed by atoms with Crippen LogP contribution in [0, 0.1) is 11.3 Å². The smallest absolute Gasteiger partial charge is 0.277 e. The third-order valence-corrected chi connectivity index (χ3v) is 6.52. The van der Waals surface area contributed by atoms with Crippen LogP contribution in [-0.4, -0.2) is 61.1 Å². The number of nitrogens with zero attached hydrogens (tertiary/aromatic N) is 3. The Labute approximate surface area is 201 Å². The first-order valence-corrected chi connectivity index (χ1v) is 11.3. The number of ether oxygens (including phenoxy) is 3. The number of oxazole rings is 1. The average Bonchev–Trinajstić information content (AvgIpc) is 3.45. The Morgan fingerprint density at radius 2 is 2.03 bits per heavy atom. The molecule has 6 rings (SSSR count). The lowest BCUT2D eigenvalue weighted by Crippen LogP contribution is -2.55. The molecular formula is C25H23N5O5. The molecule has 2 fully saturated rings. The summed E-state index contributed by atoms with van der Waals surface area (Å²) >= 11 is 0. The van der Waals surface area contributed by atoms with E-state index in [1.54, 1.807) is 25.3 Å². The number of aromatic nitrogens is 1. The molecular weight excluding hydrogens is 450 g/mol. The lowest BCUT2D eigenvalue weighted by atomic mass is 9.90. The molecule has 1 aromatic heterocycles. The maximum absolute atomic E-state index is 13.9. The second-order valence-corrected chi connectivity index (χ2v) is 8.59. The zero-order valence-electron chi connectivity index (χ0n) is 18.9. The van der Waals surface area contributed by atoms with Crippen molar-refractivity contribution in [2.45, 2.75) is 24.2 Å². The Balaban J connectivity index is 1.43. The molecule has 0 bridgehead atoms. The minimum Gasteiger partial charge on any atom is -0.494 e. The quantitative estimate of drug-likeness (QED) is 0.553. The van der Waals surface area contributed by atoms with Gasteiger partial charge < -0.3 is 23.9 Å². The number of nitrogens with one attached hydrogen (secondary N) is 2. The van der Waals surface area contributed by atoms with Crippen molar-refractivity contribution in [1.82, 2.24) is 20.7 Å². The molecule has 10 nitrogen and oxygen atoms in total. The number of para-hydroxylation sites is 1. The molecule has 3 atom stereocenters. The lowest BCUT2D eigenvalue weighted by Gasteiger charge is -2.36. The number of rotatable bonds is 6. The first kappa shape index (κ1) is 21.6. The van der Waals surface area contributed by atoms with Crippen molar-refractivity contribution in [2.24, 2.45) is 0 Å². The zero-order valence-corrected chi connectivity index (χ0v) is 18.9. The summed E-state index contributed by atoms with van der Waals surface area (Å²) in [7, 11) is 1.56. The Hall–Kier alpha value is -3.91. The van der Waals surface area contributed by atoms with Crippen molar-refractivity contribution in [1.29, 1.82) is 5.26 Å². The Morgan fingerprint density at radius 1 is 1.20 bits per heavy atom. The zero-order chi connectivity index (χ0) is 23.9. The number of nitriles is 1. The molecule has 2 N–H and O–H groups in total. The van der Waals surface area contributed by atoms with Gasteiger partial charge in [-0.1, -0.05) is 36.4 Å². The van der Waals surface area contributed by atoms with Gasteiger partial charge in [-0.25, -0.2) is 15.4 Å². The first-order valence-electron chi connectivity index (χ1n) is 11.3. The molecule has 4 heterocycles. The second-order valence-electron chi connectivity index (χ2n) is 8.59. The predicted octanol–water partition coefficient (Wildman–Crippen LogP) is 1.91. The van der Waals surface area contributed by atoms with Crippen LogP contribution in [0.1, 0.15) is 17.4 Å². The summed E-state index contributed by atoms with van der Waals surface area (Å²) in [6.45, 7) is 1.17. The van der Waals surface area contributed by atoms with Crippen molar-refractivity contribution in [3.8, 4) is 11.8 Å². The molecule has 3 aliphatic rings. The van der Waals surface area contributed by atoms with Crippen LogP contribution in [-0.2, 0) is 14.3 Å². The third-order valence-electron chi connectivity index (χ3n) is 6.52. The minimum atomic E-state index is -0.607. The summed E-state index contributed by atoms with van der Waals surface area (Å²) < 4.78 is 22.6. The van der Waals surface area contributed by atoms with Crippen molar-refractivity contribution >= 4 is 22.6 Å². The normalized spacial score (nSPS) is 24.2. The van der Waals surface area contributed by atoms with E-state index in [0.29, 0.717) is 35.8 Å². The van der Waals surface area contributed by atoms with Gasteiger partial charge in [0.2, 0.25) is 5.89 Å². The van der Waals surface area contributed by atoms with Gasteiger partial charge in [-0.3, -0.25) is 4.79 Å². The highest BCUT2D eigenvalue weighted by molar-refractivity contribution is 6.20. The van der Waals surface area contributed by atoms with Crippen LogP contribution in [0.15, 0.2) is 58.6 Å². The van der Waals surface area contributed by atoms with E-state index in [1.807, 2.05) is 30.3 Å². The van der Waals surface area contributed by atoms with Gasteiger partial charge in [0.15, 0.2) is 11.1 Å². The minimum absolute atomic E-state index is 0.0408. The number of hydrazine groups is 1. The van der Waals surface area contributed by atoms with Crippen LogP contribution in [0.4, 0.5) is 0 Å². The number of benzene rings is 2. The molecule has 3 aliphatic heterocycles. The molecule has 178 valence electrons. The highest BCUT2D eigenvalue weighted by atomic mass is 16.6. The number of hydrogen-bond donors (Lipinski definition) is 2. The maximum atomic E-state index is 13.9. The number of hydrogen-bond acceptors (Lipinski definition) is 9. The molecule has 0 spiro atoms. The molecule has 0 radical (unpaired) electrons. The Kier molecular flexibility index (Phi) is 5.37. The molecule has 3 unspecified atom stereocenters. The van der Waals surface area contributed by atoms with Gasteiger partial charge in [0.25, 0.3) is 5.91 Å². The number of carbonyl (C=O) groups excluding carboxylic acids is 1. The SMILES string of the molecule is COc1cccc2oc(C3=C(COC4COC4)NC4C(c5ccccc5)C(C#N)NN4C3=O)nc12. The average molecular weight is 473 g/mol. The van der Waals surface area contributed by atoms with Crippen LogP contribution in [0.2, 0.25) is 0 Å². The van der Waals surface area contributed by atoms with Crippen LogP contribution in [0.25, 0.3) is 16.7 Å². The monoisotopic (exact) mass is 473 g/mol. The topological polar surface area (TPSA) is 122 Å². The lowest BCUT2D eigenvalue weighted by molar-refractivity contribution is -0.132. The van der Waals surface area contributed by atoms with Crippen LogP contribution < -0.4 is 15.5 Å². The van der Waals surface area contributed by atoms with E-state index in [1.165, 1.54) is 5.01 Å². The van der Waals surface area contributed by atoms with Crippen molar-refractivity contribution < 1.29 is 23.4 Å². The van der Waals surface area contributed by atoms with Crippen LogP contribution >= 0.6 is 0 Å². The number of carbonyl (C=O) groups is 1. The van der Waals surface area contributed by atoms with Crippen molar-refractivity contribution in [3.05, 3.63) is 65.7 Å². The molecule has 2 aromatic carbocycles. The number of fused-ring (bicyclic) bond motifs is 2. The van der Waals surface area contributed by atoms with E-state index in [4.69, 9.17) is 18.6 Å². The maximum Gasteiger partial charge on any atom is 0.277 e. The molecule has 35 heavy (non-hydrogen) atoms. The fourth-order valence-corrected chi connectivity index (χ4v) is 4.69. The van der Waals surface area contributed by atoms with Gasteiger partial charge in [0, 0.05) is 0 Å². The van der Waals surface area contributed by atoms with Crippen LogP contribution in [0.3, 0.4) is 0 Å². The van der Waals surface area contributed by atoms with E-state index in [2.05, 4.69) is 21.8 Å². The molecule has 2 saturated heterocycles. The fraction of sp³-hybridized carbons (Fsp3) is 0.320. The summed E-state index contributed by atoms with van der Waals surface area (Å²) in [4.78, 5) is 18.4.